The van der Waals surface area contributed by atoms with Gasteiger partial charge in [0, 0.05) is 15.9 Å². The van der Waals surface area contributed by atoms with Gasteiger partial charge in [0.15, 0.2) is 0 Å². The van der Waals surface area contributed by atoms with Gasteiger partial charge in [-0.2, -0.15) is 0 Å². The molecule has 0 saturated carbocycles. The molecule has 0 aliphatic carbocycles. The molecule has 0 aliphatic rings. The quantitative estimate of drug-likeness (QED) is 0.667. The number of hydrogen-bond donors (Lipinski definition) is 1. The maximum Gasteiger partial charge on any atom is 0.0628 e. The molecule has 0 amide bonds. The zero-order chi connectivity index (χ0) is 11.3. The van der Waals surface area contributed by atoms with Crippen LogP contribution in [0.4, 0.5) is 5.69 Å². The average molecular weight is 290 g/mol. The van der Waals surface area contributed by atoms with Crippen LogP contribution in [0.1, 0.15) is 26.2 Å². The molecule has 1 unspecified atom stereocenters. The highest BCUT2D eigenvalue weighted by Gasteiger charge is 2.07. The highest BCUT2D eigenvalue weighted by Crippen LogP contribution is 2.22. The molecule has 15 heavy (non-hydrogen) atoms. The van der Waals surface area contributed by atoms with Gasteiger partial charge in [-0.1, -0.05) is 35.7 Å². The van der Waals surface area contributed by atoms with Crippen molar-refractivity contribution < 1.29 is 4.21 Å². The number of anilines is 1. The van der Waals surface area contributed by atoms with Crippen LogP contribution < -0.4 is 5.73 Å². The lowest BCUT2D eigenvalue weighted by Gasteiger charge is -2.05. The van der Waals surface area contributed by atoms with Crippen LogP contribution in [0.2, 0.25) is 0 Å². The van der Waals surface area contributed by atoms with Crippen molar-refractivity contribution in [3.05, 3.63) is 22.7 Å². The fourth-order valence-corrected chi connectivity index (χ4v) is 3.09. The molecule has 0 bridgehead atoms. The van der Waals surface area contributed by atoms with E-state index < -0.39 is 10.8 Å². The van der Waals surface area contributed by atoms with Crippen LogP contribution in [0, 0.1) is 0 Å². The zero-order valence-corrected chi connectivity index (χ0v) is 11.2. The van der Waals surface area contributed by atoms with Gasteiger partial charge in [-0.05, 0) is 24.6 Å². The fourth-order valence-electron chi connectivity index (χ4n) is 1.30. The number of hydrogen-bond acceptors (Lipinski definition) is 2. The van der Waals surface area contributed by atoms with E-state index in [0.29, 0.717) is 11.4 Å². The van der Waals surface area contributed by atoms with Gasteiger partial charge < -0.3 is 5.73 Å². The number of unbranched alkanes of at least 4 members (excludes halogenated alkanes) is 2. The van der Waals surface area contributed by atoms with E-state index in [1.807, 2.05) is 12.1 Å². The molecule has 84 valence electrons. The summed E-state index contributed by atoms with van der Waals surface area (Å²) < 4.78 is 12.8. The smallest absolute Gasteiger partial charge is 0.0628 e. The van der Waals surface area contributed by atoms with E-state index in [9.17, 15) is 4.21 Å². The van der Waals surface area contributed by atoms with Gasteiger partial charge in [0.25, 0.3) is 0 Å². The Morgan fingerprint density at radius 2 is 2.13 bits per heavy atom. The minimum absolute atomic E-state index is 0.619. The lowest BCUT2D eigenvalue weighted by atomic mass is 10.3. The molecule has 1 atom stereocenters. The maximum absolute atomic E-state index is 11.9. The predicted molar refractivity (Wildman–Crippen MR) is 69.4 cm³/mol. The van der Waals surface area contributed by atoms with Crippen molar-refractivity contribution in [2.45, 2.75) is 31.1 Å². The first-order chi connectivity index (χ1) is 7.15. The third-order valence-corrected chi connectivity index (χ3v) is 4.15. The third kappa shape index (κ3) is 3.95. The van der Waals surface area contributed by atoms with Gasteiger partial charge in [-0.15, -0.1) is 0 Å². The summed E-state index contributed by atoms with van der Waals surface area (Å²) in [5.74, 6) is 0.703. The number of benzene rings is 1. The van der Waals surface area contributed by atoms with E-state index >= 15 is 0 Å². The SMILES string of the molecule is CCCCCS(=O)c1cc(Br)ccc1N. The number of nitrogen functional groups attached to an aromatic ring is 1. The first-order valence-corrected chi connectivity index (χ1v) is 7.19. The van der Waals surface area contributed by atoms with Crippen molar-refractivity contribution in [2.24, 2.45) is 0 Å². The van der Waals surface area contributed by atoms with Crippen LogP contribution in [0.25, 0.3) is 0 Å². The Morgan fingerprint density at radius 1 is 1.40 bits per heavy atom. The molecule has 0 aliphatic heterocycles. The van der Waals surface area contributed by atoms with Gasteiger partial charge in [-0.25, -0.2) is 0 Å². The largest absolute Gasteiger partial charge is 0.398 e. The molecule has 1 aromatic carbocycles. The molecule has 0 radical (unpaired) electrons. The van der Waals surface area contributed by atoms with Gasteiger partial charge in [0.05, 0.1) is 15.7 Å². The Balaban J connectivity index is 2.68. The number of halogens is 1. The second-order valence-corrected chi connectivity index (χ2v) is 5.89. The van der Waals surface area contributed by atoms with Crippen molar-refractivity contribution in [3.8, 4) is 0 Å². The van der Waals surface area contributed by atoms with E-state index in [4.69, 9.17) is 5.73 Å². The van der Waals surface area contributed by atoms with E-state index in [1.54, 1.807) is 6.07 Å². The molecule has 0 saturated heterocycles. The summed E-state index contributed by atoms with van der Waals surface area (Å²) in [6.45, 7) is 2.14. The van der Waals surface area contributed by atoms with Crippen LogP contribution in [-0.2, 0) is 10.8 Å². The van der Waals surface area contributed by atoms with Crippen molar-refractivity contribution in [1.29, 1.82) is 0 Å². The summed E-state index contributed by atoms with van der Waals surface area (Å²) in [5, 5.41) is 0. The lowest BCUT2D eigenvalue weighted by molar-refractivity contribution is 0.676. The van der Waals surface area contributed by atoms with E-state index in [0.717, 1.165) is 28.6 Å². The molecule has 0 fully saturated rings. The standard InChI is InChI=1S/C11H16BrNOS/c1-2-3-4-7-15(14)11-8-9(12)5-6-10(11)13/h5-6,8H,2-4,7,13H2,1H3. The van der Waals surface area contributed by atoms with Crippen molar-refractivity contribution >= 4 is 32.4 Å². The zero-order valence-electron chi connectivity index (χ0n) is 8.83. The highest BCUT2D eigenvalue weighted by molar-refractivity contribution is 9.10. The highest BCUT2D eigenvalue weighted by atomic mass is 79.9. The van der Waals surface area contributed by atoms with Gasteiger partial charge in [0.1, 0.15) is 0 Å². The molecule has 2 nitrogen and oxygen atoms in total. The molecular weight excluding hydrogens is 274 g/mol. The van der Waals surface area contributed by atoms with Gasteiger partial charge in [-0.3, -0.25) is 4.21 Å². The molecule has 0 aromatic heterocycles. The minimum Gasteiger partial charge on any atom is -0.398 e. The van der Waals surface area contributed by atoms with Crippen molar-refractivity contribution in [3.63, 3.8) is 0 Å². The average Bonchev–Trinajstić information content (AvgIpc) is 2.22. The lowest BCUT2D eigenvalue weighted by Crippen LogP contribution is -2.02. The maximum atomic E-state index is 11.9. The van der Waals surface area contributed by atoms with Crippen LogP contribution in [0.15, 0.2) is 27.6 Å². The Labute approximate surface area is 102 Å². The third-order valence-electron chi connectivity index (χ3n) is 2.15. The van der Waals surface area contributed by atoms with Gasteiger partial charge >= 0.3 is 0 Å². The summed E-state index contributed by atoms with van der Waals surface area (Å²) in [7, 11) is -0.962. The molecule has 4 heteroatoms. The van der Waals surface area contributed by atoms with Crippen LogP contribution in [0.5, 0.6) is 0 Å². The van der Waals surface area contributed by atoms with Gasteiger partial charge in [0.2, 0.25) is 0 Å². The first kappa shape index (κ1) is 12.7. The molecule has 1 aromatic rings. The van der Waals surface area contributed by atoms with E-state index in [-0.39, 0.29) is 0 Å². The molecule has 0 heterocycles. The Kier molecular flexibility index (Phi) is 5.32. The van der Waals surface area contributed by atoms with Crippen LogP contribution in [0.3, 0.4) is 0 Å². The fraction of sp³-hybridized carbons (Fsp3) is 0.455. The Morgan fingerprint density at radius 3 is 2.80 bits per heavy atom. The molecule has 0 spiro atoms. The predicted octanol–water partition coefficient (Wildman–Crippen LogP) is 3.33. The summed E-state index contributed by atoms with van der Waals surface area (Å²) in [4.78, 5) is 0.750. The molecular formula is C11H16BrNOS. The van der Waals surface area contributed by atoms with E-state index in [1.165, 1.54) is 0 Å². The minimum atomic E-state index is -0.962. The molecule has 2 N–H and O–H groups in total. The van der Waals surface area contributed by atoms with Crippen LogP contribution >= 0.6 is 15.9 Å². The Hall–Kier alpha value is -0.350. The summed E-state index contributed by atoms with van der Waals surface area (Å²) in [5.41, 5.74) is 6.40. The summed E-state index contributed by atoms with van der Waals surface area (Å²) in [6.07, 6.45) is 3.26. The van der Waals surface area contributed by atoms with E-state index in [2.05, 4.69) is 22.9 Å². The monoisotopic (exact) mass is 289 g/mol. The number of rotatable bonds is 5. The summed E-state index contributed by atoms with van der Waals surface area (Å²) in [6, 6.07) is 5.50. The van der Waals surface area contributed by atoms with Crippen molar-refractivity contribution in [2.75, 3.05) is 11.5 Å². The van der Waals surface area contributed by atoms with Crippen molar-refractivity contribution in [1.82, 2.24) is 0 Å². The van der Waals surface area contributed by atoms with Crippen LogP contribution in [-0.4, -0.2) is 9.96 Å². The molecule has 1 rings (SSSR count). The number of nitrogens with two attached hydrogens (primary N) is 1. The summed E-state index contributed by atoms with van der Waals surface area (Å²) >= 11 is 3.36. The normalized spacial score (nSPS) is 12.7. The second kappa shape index (κ2) is 6.28. The Bertz CT molecular complexity index is 354. The second-order valence-electron chi connectivity index (χ2n) is 3.44. The first-order valence-electron chi connectivity index (χ1n) is 5.08. The topological polar surface area (TPSA) is 43.1 Å².